The van der Waals surface area contributed by atoms with Gasteiger partial charge in [-0.05, 0) is 24.7 Å². The molecule has 0 amide bonds. The van der Waals surface area contributed by atoms with Gasteiger partial charge in [0.15, 0.2) is 0 Å². The molecule has 3 N–H and O–H groups in total. The predicted octanol–water partition coefficient (Wildman–Crippen LogP) is 1.22. The van der Waals surface area contributed by atoms with E-state index in [1.165, 1.54) is 0 Å². The largest absolute Gasteiger partial charge is 0.497 e. The van der Waals surface area contributed by atoms with Crippen LogP contribution in [0.25, 0.3) is 0 Å². The smallest absolute Gasteiger partial charge is 0.304 e. The summed E-state index contributed by atoms with van der Waals surface area (Å²) in [7, 11) is 3.10. The van der Waals surface area contributed by atoms with Crippen molar-refractivity contribution in [1.82, 2.24) is 0 Å². The molecule has 5 heteroatoms. The van der Waals surface area contributed by atoms with E-state index in [2.05, 4.69) is 0 Å². The zero-order chi connectivity index (χ0) is 12.8. The second-order valence-electron chi connectivity index (χ2n) is 3.64. The molecule has 0 aromatic heterocycles. The number of nitrogens with two attached hydrogens (primary N) is 1. The molecule has 0 saturated carbocycles. The minimum atomic E-state index is -0.884. The molecule has 0 fully saturated rings. The van der Waals surface area contributed by atoms with Crippen LogP contribution in [0.1, 0.15) is 17.9 Å². The van der Waals surface area contributed by atoms with Crippen LogP contribution in [0.2, 0.25) is 0 Å². The first-order valence-electron chi connectivity index (χ1n) is 5.26. The molecule has 0 radical (unpaired) electrons. The van der Waals surface area contributed by atoms with Crippen LogP contribution in [-0.4, -0.2) is 31.8 Å². The highest BCUT2D eigenvalue weighted by Crippen LogP contribution is 2.31. The van der Waals surface area contributed by atoms with Gasteiger partial charge in [0.1, 0.15) is 11.5 Å². The van der Waals surface area contributed by atoms with Gasteiger partial charge in [-0.2, -0.15) is 0 Å². The van der Waals surface area contributed by atoms with Crippen molar-refractivity contribution >= 4 is 5.97 Å². The van der Waals surface area contributed by atoms with E-state index in [4.69, 9.17) is 20.3 Å². The number of hydrogen-bond acceptors (Lipinski definition) is 4. The normalized spacial score (nSPS) is 11.9. The molecule has 0 bridgehead atoms. The number of ether oxygens (including phenoxy) is 2. The highest BCUT2D eigenvalue weighted by atomic mass is 16.5. The van der Waals surface area contributed by atoms with Crippen LogP contribution < -0.4 is 15.2 Å². The average Bonchev–Trinajstić information content (AvgIpc) is 2.34. The number of hydrogen-bond donors (Lipinski definition) is 2. The molecule has 1 atom stereocenters. The van der Waals surface area contributed by atoms with Gasteiger partial charge in [-0.1, -0.05) is 0 Å². The first kappa shape index (κ1) is 13.3. The standard InChI is InChI=1S/C12H17NO4/c1-16-9-3-4-11(17-2)10(6-9)8(7-13)5-12(14)15/h3-4,6,8H,5,7,13H2,1-2H3,(H,14,15). The van der Waals surface area contributed by atoms with Gasteiger partial charge < -0.3 is 20.3 Å². The Morgan fingerprint density at radius 3 is 2.59 bits per heavy atom. The van der Waals surface area contributed by atoms with Crippen LogP contribution in [0.5, 0.6) is 11.5 Å². The maximum Gasteiger partial charge on any atom is 0.304 e. The summed E-state index contributed by atoms with van der Waals surface area (Å²) in [6.45, 7) is 0.246. The summed E-state index contributed by atoms with van der Waals surface area (Å²) >= 11 is 0. The molecule has 0 saturated heterocycles. The molecule has 1 rings (SSSR count). The van der Waals surface area contributed by atoms with E-state index in [0.717, 1.165) is 5.56 Å². The monoisotopic (exact) mass is 239 g/mol. The fourth-order valence-corrected chi connectivity index (χ4v) is 1.69. The molecule has 0 aliphatic carbocycles. The van der Waals surface area contributed by atoms with E-state index in [9.17, 15) is 4.79 Å². The molecule has 1 unspecified atom stereocenters. The van der Waals surface area contributed by atoms with Crippen molar-refractivity contribution in [3.63, 3.8) is 0 Å². The van der Waals surface area contributed by atoms with Gasteiger partial charge in [0.05, 0.1) is 20.6 Å². The molecule has 1 aromatic carbocycles. The fraction of sp³-hybridized carbons (Fsp3) is 0.417. The quantitative estimate of drug-likeness (QED) is 0.780. The lowest BCUT2D eigenvalue weighted by atomic mass is 9.94. The SMILES string of the molecule is COc1ccc(OC)c(C(CN)CC(=O)O)c1. The number of rotatable bonds is 6. The van der Waals surface area contributed by atoms with Crippen LogP contribution in [0.4, 0.5) is 0 Å². The third-order valence-corrected chi connectivity index (χ3v) is 2.58. The summed E-state index contributed by atoms with van der Waals surface area (Å²) in [4.78, 5) is 10.8. The fourth-order valence-electron chi connectivity index (χ4n) is 1.69. The zero-order valence-electron chi connectivity index (χ0n) is 9.97. The Balaban J connectivity index is 3.09. The van der Waals surface area contributed by atoms with Crippen LogP contribution in [0.15, 0.2) is 18.2 Å². The third kappa shape index (κ3) is 3.35. The summed E-state index contributed by atoms with van der Waals surface area (Å²) < 4.78 is 10.3. The van der Waals surface area contributed by atoms with E-state index in [1.807, 2.05) is 0 Å². The molecule has 17 heavy (non-hydrogen) atoms. The lowest BCUT2D eigenvalue weighted by Crippen LogP contribution is -2.17. The van der Waals surface area contributed by atoms with Gasteiger partial charge in [0.2, 0.25) is 0 Å². The average molecular weight is 239 g/mol. The van der Waals surface area contributed by atoms with Crippen LogP contribution >= 0.6 is 0 Å². The second-order valence-corrected chi connectivity index (χ2v) is 3.64. The van der Waals surface area contributed by atoms with Gasteiger partial charge in [-0.3, -0.25) is 4.79 Å². The summed E-state index contributed by atoms with van der Waals surface area (Å²) in [5.74, 6) is 0.120. The van der Waals surface area contributed by atoms with Crippen molar-refractivity contribution in [3.8, 4) is 11.5 Å². The Bertz CT molecular complexity index is 392. The van der Waals surface area contributed by atoms with Crippen molar-refractivity contribution < 1.29 is 19.4 Å². The Morgan fingerprint density at radius 1 is 1.41 bits per heavy atom. The van der Waals surface area contributed by atoms with E-state index in [0.29, 0.717) is 11.5 Å². The zero-order valence-corrected chi connectivity index (χ0v) is 9.97. The number of benzene rings is 1. The van der Waals surface area contributed by atoms with Gasteiger partial charge >= 0.3 is 5.97 Å². The van der Waals surface area contributed by atoms with E-state index in [1.54, 1.807) is 32.4 Å². The van der Waals surface area contributed by atoms with Crippen molar-refractivity contribution in [3.05, 3.63) is 23.8 Å². The lowest BCUT2D eigenvalue weighted by Gasteiger charge is -2.17. The van der Waals surface area contributed by atoms with E-state index in [-0.39, 0.29) is 18.9 Å². The van der Waals surface area contributed by atoms with Crippen LogP contribution in [-0.2, 0) is 4.79 Å². The highest BCUT2D eigenvalue weighted by Gasteiger charge is 2.18. The molecule has 0 aliphatic rings. The molecule has 94 valence electrons. The van der Waals surface area contributed by atoms with Crippen molar-refractivity contribution in [1.29, 1.82) is 0 Å². The van der Waals surface area contributed by atoms with Gasteiger partial charge in [-0.25, -0.2) is 0 Å². The van der Waals surface area contributed by atoms with Gasteiger partial charge in [-0.15, -0.1) is 0 Å². The summed E-state index contributed by atoms with van der Waals surface area (Å²) in [5.41, 5.74) is 6.37. The number of aliphatic carboxylic acids is 1. The minimum Gasteiger partial charge on any atom is -0.497 e. The maximum absolute atomic E-state index is 10.8. The predicted molar refractivity (Wildman–Crippen MR) is 63.6 cm³/mol. The van der Waals surface area contributed by atoms with Crippen molar-refractivity contribution in [2.45, 2.75) is 12.3 Å². The summed E-state index contributed by atoms with van der Waals surface area (Å²) in [6.07, 6.45) is -0.0278. The summed E-state index contributed by atoms with van der Waals surface area (Å²) in [6, 6.07) is 5.27. The second kappa shape index (κ2) is 6.10. The van der Waals surface area contributed by atoms with Crippen molar-refractivity contribution in [2.75, 3.05) is 20.8 Å². The number of carbonyl (C=O) groups is 1. The molecule has 1 aromatic rings. The Kier molecular flexibility index (Phi) is 4.78. The molecule has 5 nitrogen and oxygen atoms in total. The minimum absolute atomic E-state index is 0.0278. The first-order chi connectivity index (χ1) is 8.12. The Hall–Kier alpha value is -1.75. The van der Waals surface area contributed by atoms with Crippen LogP contribution in [0.3, 0.4) is 0 Å². The number of methoxy groups -OCH3 is 2. The number of carboxylic acids is 1. The molecule has 0 spiro atoms. The van der Waals surface area contributed by atoms with E-state index >= 15 is 0 Å². The molecule has 0 heterocycles. The molecule has 0 aliphatic heterocycles. The van der Waals surface area contributed by atoms with Crippen molar-refractivity contribution in [2.24, 2.45) is 5.73 Å². The Labute approximate surface area is 100 Å². The highest BCUT2D eigenvalue weighted by molar-refractivity contribution is 5.68. The van der Waals surface area contributed by atoms with Gasteiger partial charge in [0.25, 0.3) is 0 Å². The first-order valence-corrected chi connectivity index (χ1v) is 5.26. The number of carboxylic acid groups (broad SMARTS) is 1. The summed E-state index contributed by atoms with van der Waals surface area (Å²) in [5, 5.41) is 8.84. The lowest BCUT2D eigenvalue weighted by molar-refractivity contribution is -0.137. The molecular weight excluding hydrogens is 222 g/mol. The Morgan fingerprint density at radius 2 is 2.12 bits per heavy atom. The topological polar surface area (TPSA) is 81.8 Å². The van der Waals surface area contributed by atoms with Gasteiger partial charge in [0, 0.05) is 11.5 Å². The van der Waals surface area contributed by atoms with Crippen LogP contribution in [0, 0.1) is 0 Å². The maximum atomic E-state index is 10.8. The molecular formula is C12H17NO4. The van der Waals surface area contributed by atoms with E-state index < -0.39 is 5.97 Å². The third-order valence-electron chi connectivity index (χ3n) is 2.58.